The largest absolute Gasteiger partial charge is 0.461 e. The average Bonchev–Trinajstić information content (AvgIpc) is 2.39. The lowest BCUT2D eigenvalue weighted by atomic mass is 9.75. The number of esters is 1. The maximum absolute atomic E-state index is 12.1. The predicted molar refractivity (Wildman–Crippen MR) is 78.5 cm³/mol. The van der Waals surface area contributed by atoms with Gasteiger partial charge < -0.3 is 9.47 Å². The third kappa shape index (κ3) is 4.45. The van der Waals surface area contributed by atoms with Gasteiger partial charge in [-0.2, -0.15) is 0 Å². The minimum Gasteiger partial charge on any atom is -0.461 e. The first-order valence-electron chi connectivity index (χ1n) is 8.06. The molecule has 1 aliphatic carbocycles. The quantitative estimate of drug-likeness (QED) is 0.742. The lowest BCUT2D eigenvalue weighted by Gasteiger charge is -2.37. The molecular weight excluding hydrogens is 254 g/mol. The highest BCUT2D eigenvalue weighted by molar-refractivity contribution is 5.71. The maximum atomic E-state index is 12.1. The Balaban J connectivity index is 1.83. The van der Waals surface area contributed by atoms with Crippen LogP contribution in [0.2, 0.25) is 0 Å². The second-order valence-corrected chi connectivity index (χ2v) is 6.74. The molecule has 0 spiro atoms. The molecule has 0 N–H and O–H groups in total. The minimum atomic E-state index is -0.0587. The molecule has 20 heavy (non-hydrogen) atoms. The molecule has 2 fully saturated rings. The fraction of sp³-hybridized carbons (Fsp3) is 0.938. The SMILES string of the molecule is CC(C)[C@@H]1CC[C@@H](C)C[C@H]1OC(=O)CN1CCOCC1. The van der Waals surface area contributed by atoms with Crippen LogP contribution in [0.3, 0.4) is 0 Å². The van der Waals surface area contributed by atoms with Crippen LogP contribution in [0.15, 0.2) is 0 Å². The fourth-order valence-corrected chi connectivity index (χ4v) is 3.40. The summed E-state index contributed by atoms with van der Waals surface area (Å²) in [7, 11) is 0. The number of carbonyl (C=O) groups excluding carboxylic acids is 1. The van der Waals surface area contributed by atoms with Crippen LogP contribution in [0.1, 0.15) is 40.0 Å². The summed E-state index contributed by atoms with van der Waals surface area (Å²) in [5, 5.41) is 0. The van der Waals surface area contributed by atoms with Crippen molar-refractivity contribution in [3.8, 4) is 0 Å². The van der Waals surface area contributed by atoms with Crippen LogP contribution < -0.4 is 0 Å². The zero-order valence-electron chi connectivity index (χ0n) is 13.1. The van der Waals surface area contributed by atoms with Gasteiger partial charge in [-0.05, 0) is 30.6 Å². The van der Waals surface area contributed by atoms with Crippen LogP contribution in [0.25, 0.3) is 0 Å². The fourth-order valence-electron chi connectivity index (χ4n) is 3.40. The Kier molecular flexibility index (Phi) is 5.85. The molecule has 0 aromatic rings. The van der Waals surface area contributed by atoms with Gasteiger partial charge in [-0.1, -0.05) is 27.2 Å². The Morgan fingerprint density at radius 2 is 2.00 bits per heavy atom. The summed E-state index contributed by atoms with van der Waals surface area (Å²) in [6.07, 6.45) is 3.60. The first-order chi connectivity index (χ1) is 9.56. The molecule has 4 heteroatoms. The number of carbonyl (C=O) groups is 1. The van der Waals surface area contributed by atoms with Crippen molar-refractivity contribution in [3.63, 3.8) is 0 Å². The Labute approximate surface area is 122 Å². The zero-order chi connectivity index (χ0) is 14.5. The van der Waals surface area contributed by atoms with Crippen LogP contribution in [-0.2, 0) is 14.3 Å². The van der Waals surface area contributed by atoms with E-state index in [1.807, 2.05) is 0 Å². The van der Waals surface area contributed by atoms with E-state index in [-0.39, 0.29) is 12.1 Å². The predicted octanol–water partition coefficient (Wildman–Crippen LogP) is 2.32. The highest BCUT2D eigenvalue weighted by Gasteiger charge is 2.33. The van der Waals surface area contributed by atoms with Gasteiger partial charge in [-0.25, -0.2) is 0 Å². The molecule has 0 bridgehead atoms. The average molecular weight is 283 g/mol. The van der Waals surface area contributed by atoms with Crippen molar-refractivity contribution in [3.05, 3.63) is 0 Å². The Morgan fingerprint density at radius 1 is 1.30 bits per heavy atom. The van der Waals surface area contributed by atoms with Crippen molar-refractivity contribution in [2.24, 2.45) is 17.8 Å². The van der Waals surface area contributed by atoms with Crippen molar-refractivity contribution in [1.29, 1.82) is 0 Å². The maximum Gasteiger partial charge on any atom is 0.320 e. The third-order valence-electron chi connectivity index (χ3n) is 4.70. The summed E-state index contributed by atoms with van der Waals surface area (Å²) in [4.78, 5) is 14.3. The minimum absolute atomic E-state index is 0.0587. The summed E-state index contributed by atoms with van der Waals surface area (Å²) < 4.78 is 11.1. The van der Waals surface area contributed by atoms with E-state index in [0.717, 1.165) is 32.7 Å². The van der Waals surface area contributed by atoms with Crippen molar-refractivity contribution < 1.29 is 14.3 Å². The summed E-state index contributed by atoms with van der Waals surface area (Å²) in [6, 6.07) is 0. The van der Waals surface area contributed by atoms with E-state index in [0.29, 0.717) is 24.3 Å². The van der Waals surface area contributed by atoms with Crippen molar-refractivity contribution in [1.82, 2.24) is 4.90 Å². The molecule has 1 heterocycles. The molecule has 1 saturated carbocycles. The van der Waals surface area contributed by atoms with Crippen LogP contribution >= 0.6 is 0 Å². The third-order valence-corrected chi connectivity index (χ3v) is 4.70. The normalized spacial score (nSPS) is 32.3. The molecule has 0 amide bonds. The number of hydrogen-bond acceptors (Lipinski definition) is 4. The van der Waals surface area contributed by atoms with Crippen molar-refractivity contribution in [2.75, 3.05) is 32.8 Å². The van der Waals surface area contributed by atoms with Gasteiger partial charge in [0.1, 0.15) is 6.10 Å². The summed E-state index contributed by atoms with van der Waals surface area (Å²) in [6.45, 7) is 10.3. The molecule has 0 unspecified atom stereocenters. The lowest BCUT2D eigenvalue weighted by Crippen LogP contribution is -2.42. The summed E-state index contributed by atoms with van der Waals surface area (Å²) in [5.41, 5.74) is 0. The summed E-state index contributed by atoms with van der Waals surface area (Å²) >= 11 is 0. The van der Waals surface area contributed by atoms with Gasteiger partial charge in [-0.3, -0.25) is 9.69 Å². The number of nitrogens with zero attached hydrogens (tertiary/aromatic N) is 1. The van der Waals surface area contributed by atoms with Crippen LogP contribution in [0.5, 0.6) is 0 Å². The monoisotopic (exact) mass is 283 g/mol. The van der Waals surface area contributed by atoms with Gasteiger partial charge in [0.15, 0.2) is 0 Å². The van der Waals surface area contributed by atoms with Gasteiger partial charge in [-0.15, -0.1) is 0 Å². The van der Waals surface area contributed by atoms with Gasteiger partial charge in [0.25, 0.3) is 0 Å². The highest BCUT2D eigenvalue weighted by atomic mass is 16.5. The lowest BCUT2D eigenvalue weighted by molar-refractivity contribution is -0.158. The molecule has 3 atom stereocenters. The number of morpholine rings is 1. The van der Waals surface area contributed by atoms with Gasteiger partial charge in [0, 0.05) is 13.1 Å². The van der Waals surface area contributed by atoms with E-state index in [1.54, 1.807) is 0 Å². The van der Waals surface area contributed by atoms with Crippen molar-refractivity contribution >= 4 is 5.97 Å². The van der Waals surface area contributed by atoms with Crippen molar-refractivity contribution in [2.45, 2.75) is 46.1 Å². The molecule has 1 saturated heterocycles. The van der Waals surface area contributed by atoms with E-state index in [4.69, 9.17) is 9.47 Å². The van der Waals surface area contributed by atoms with E-state index >= 15 is 0 Å². The zero-order valence-corrected chi connectivity index (χ0v) is 13.1. The Morgan fingerprint density at radius 3 is 2.65 bits per heavy atom. The molecule has 0 aromatic heterocycles. The van der Waals surface area contributed by atoms with Gasteiger partial charge >= 0.3 is 5.97 Å². The second kappa shape index (κ2) is 7.41. The molecule has 2 aliphatic rings. The van der Waals surface area contributed by atoms with Crippen LogP contribution in [-0.4, -0.2) is 49.8 Å². The number of ether oxygens (including phenoxy) is 2. The Bertz CT molecular complexity index is 313. The van der Waals surface area contributed by atoms with E-state index in [2.05, 4.69) is 25.7 Å². The molecule has 1 aliphatic heterocycles. The molecule has 0 aromatic carbocycles. The van der Waals surface area contributed by atoms with E-state index < -0.39 is 0 Å². The first-order valence-corrected chi connectivity index (χ1v) is 8.06. The number of rotatable bonds is 4. The molecular formula is C16H29NO3. The molecule has 116 valence electrons. The molecule has 4 nitrogen and oxygen atoms in total. The van der Waals surface area contributed by atoms with Gasteiger partial charge in [0.05, 0.1) is 19.8 Å². The first kappa shape index (κ1) is 15.8. The summed E-state index contributed by atoms with van der Waals surface area (Å²) in [5.74, 6) is 1.73. The van der Waals surface area contributed by atoms with Crippen LogP contribution in [0.4, 0.5) is 0 Å². The number of hydrogen-bond donors (Lipinski definition) is 0. The molecule has 0 radical (unpaired) electrons. The van der Waals surface area contributed by atoms with E-state index in [9.17, 15) is 4.79 Å². The van der Waals surface area contributed by atoms with Crippen LogP contribution in [0, 0.1) is 17.8 Å². The standard InChI is InChI=1S/C16H29NO3/c1-12(2)14-5-4-13(3)10-15(14)20-16(18)11-17-6-8-19-9-7-17/h12-15H,4-11H2,1-3H3/t13-,14+,15-/m1/s1. The van der Waals surface area contributed by atoms with Gasteiger partial charge in [0.2, 0.25) is 0 Å². The topological polar surface area (TPSA) is 38.8 Å². The Hall–Kier alpha value is -0.610. The smallest absolute Gasteiger partial charge is 0.320 e. The highest BCUT2D eigenvalue weighted by Crippen LogP contribution is 2.35. The second-order valence-electron chi connectivity index (χ2n) is 6.74. The van der Waals surface area contributed by atoms with E-state index in [1.165, 1.54) is 12.8 Å². The molecule has 2 rings (SSSR count).